The highest BCUT2D eigenvalue weighted by molar-refractivity contribution is 5.90. The number of piperidine rings is 1. The molecule has 4 nitrogen and oxygen atoms in total. The molecule has 1 aliphatic heterocycles. The van der Waals surface area contributed by atoms with E-state index in [1.807, 2.05) is 19.2 Å². The van der Waals surface area contributed by atoms with Crippen LogP contribution in [-0.2, 0) is 9.53 Å². The molecule has 1 atom stereocenters. The van der Waals surface area contributed by atoms with E-state index in [1.165, 1.54) is 7.11 Å². The fraction of sp³-hybridized carbons (Fsp3) is 0.429. The number of carbonyl (C=O) groups excluding carboxylic acids is 2. The fourth-order valence-corrected chi connectivity index (χ4v) is 2.31. The SMILES string of the molecule is COC(=O)c1ccc([C@@H]2CCCN(C)C2=O)cc1. The molecule has 18 heavy (non-hydrogen) atoms. The van der Waals surface area contributed by atoms with E-state index in [1.54, 1.807) is 17.0 Å². The summed E-state index contributed by atoms with van der Waals surface area (Å²) in [7, 11) is 3.19. The first-order valence-electron chi connectivity index (χ1n) is 6.06. The first kappa shape index (κ1) is 12.6. The first-order chi connectivity index (χ1) is 8.63. The average Bonchev–Trinajstić information content (AvgIpc) is 2.41. The molecular weight excluding hydrogens is 230 g/mol. The van der Waals surface area contributed by atoms with E-state index in [-0.39, 0.29) is 17.8 Å². The second-order valence-corrected chi connectivity index (χ2v) is 4.57. The lowest BCUT2D eigenvalue weighted by molar-refractivity contribution is -0.133. The Balaban J connectivity index is 2.19. The topological polar surface area (TPSA) is 46.6 Å². The third-order valence-corrected chi connectivity index (χ3v) is 3.39. The van der Waals surface area contributed by atoms with Crippen molar-refractivity contribution in [3.63, 3.8) is 0 Å². The second-order valence-electron chi connectivity index (χ2n) is 4.57. The number of esters is 1. The van der Waals surface area contributed by atoms with E-state index >= 15 is 0 Å². The van der Waals surface area contributed by atoms with E-state index in [9.17, 15) is 9.59 Å². The molecule has 1 aliphatic rings. The standard InChI is InChI=1S/C14H17NO3/c1-15-9-3-4-12(13(15)16)10-5-7-11(8-6-10)14(17)18-2/h5-8,12H,3-4,9H2,1-2H3/t12-/m0/s1. The number of methoxy groups -OCH3 is 1. The summed E-state index contributed by atoms with van der Waals surface area (Å²) < 4.78 is 4.65. The maximum absolute atomic E-state index is 12.0. The minimum atomic E-state index is -0.353. The molecule has 0 aromatic heterocycles. The summed E-state index contributed by atoms with van der Waals surface area (Å²) in [5.41, 5.74) is 1.48. The summed E-state index contributed by atoms with van der Waals surface area (Å²) in [6.45, 7) is 0.829. The summed E-state index contributed by atoms with van der Waals surface area (Å²) in [6.07, 6.45) is 1.90. The third kappa shape index (κ3) is 2.37. The van der Waals surface area contributed by atoms with Gasteiger partial charge in [0.2, 0.25) is 5.91 Å². The highest BCUT2D eigenvalue weighted by Gasteiger charge is 2.27. The Morgan fingerprint density at radius 3 is 2.61 bits per heavy atom. The molecular formula is C14H17NO3. The van der Waals surface area contributed by atoms with Crippen LogP contribution in [0.1, 0.15) is 34.7 Å². The second kappa shape index (κ2) is 5.21. The van der Waals surface area contributed by atoms with Gasteiger partial charge in [-0.1, -0.05) is 12.1 Å². The number of hydrogen-bond donors (Lipinski definition) is 0. The lowest BCUT2D eigenvalue weighted by Gasteiger charge is -2.29. The fourth-order valence-electron chi connectivity index (χ4n) is 2.31. The predicted molar refractivity (Wildman–Crippen MR) is 67.4 cm³/mol. The van der Waals surface area contributed by atoms with E-state index < -0.39 is 0 Å². The normalized spacial score (nSPS) is 19.8. The lowest BCUT2D eigenvalue weighted by atomic mass is 9.89. The summed E-state index contributed by atoms with van der Waals surface area (Å²) in [5, 5.41) is 0. The Labute approximate surface area is 107 Å². The Morgan fingerprint density at radius 2 is 2.00 bits per heavy atom. The van der Waals surface area contributed by atoms with E-state index in [0.717, 1.165) is 24.9 Å². The molecule has 1 heterocycles. The van der Waals surface area contributed by atoms with Gasteiger partial charge in [-0.15, -0.1) is 0 Å². The van der Waals surface area contributed by atoms with E-state index in [0.29, 0.717) is 5.56 Å². The van der Waals surface area contributed by atoms with Gasteiger partial charge in [-0.05, 0) is 30.5 Å². The molecule has 1 amide bonds. The Kier molecular flexibility index (Phi) is 3.65. The monoisotopic (exact) mass is 247 g/mol. The van der Waals surface area contributed by atoms with Crippen LogP contribution in [0.5, 0.6) is 0 Å². The molecule has 0 radical (unpaired) electrons. The molecule has 0 bridgehead atoms. The first-order valence-corrected chi connectivity index (χ1v) is 6.06. The van der Waals surface area contributed by atoms with Gasteiger partial charge in [0.1, 0.15) is 0 Å². The maximum atomic E-state index is 12.0. The molecule has 96 valence electrons. The molecule has 0 saturated carbocycles. The van der Waals surface area contributed by atoms with Crippen molar-refractivity contribution in [2.75, 3.05) is 20.7 Å². The quantitative estimate of drug-likeness (QED) is 0.749. The summed E-state index contributed by atoms with van der Waals surface area (Å²) >= 11 is 0. The lowest BCUT2D eigenvalue weighted by Crippen LogP contribution is -2.36. The molecule has 2 rings (SSSR count). The molecule has 1 aromatic rings. The molecule has 4 heteroatoms. The van der Waals surface area contributed by atoms with Crippen LogP contribution in [0.2, 0.25) is 0 Å². The molecule has 1 aromatic carbocycles. The molecule has 0 unspecified atom stereocenters. The smallest absolute Gasteiger partial charge is 0.337 e. The Hall–Kier alpha value is -1.84. The molecule has 1 saturated heterocycles. The molecule has 1 fully saturated rings. The van der Waals surface area contributed by atoms with Gasteiger partial charge in [-0.2, -0.15) is 0 Å². The highest BCUT2D eigenvalue weighted by Crippen LogP contribution is 2.27. The predicted octanol–water partition coefficient (Wildman–Crippen LogP) is 1.81. The van der Waals surface area contributed by atoms with Crippen LogP contribution in [0.4, 0.5) is 0 Å². The van der Waals surface area contributed by atoms with Crippen molar-refractivity contribution >= 4 is 11.9 Å². The van der Waals surface area contributed by atoms with Gasteiger partial charge in [-0.25, -0.2) is 4.79 Å². The van der Waals surface area contributed by atoms with E-state index in [2.05, 4.69) is 4.74 Å². The highest BCUT2D eigenvalue weighted by atomic mass is 16.5. The number of benzene rings is 1. The van der Waals surface area contributed by atoms with Crippen molar-refractivity contribution in [2.45, 2.75) is 18.8 Å². The van der Waals surface area contributed by atoms with Crippen LogP contribution < -0.4 is 0 Å². The van der Waals surface area contributed by atoms with Crippen molar-refractivity contribution in [3.05, 3.63) is 35.4 Å². The third-order valence-electron chi connectivity index (χ3n) is 3.39. The zero-order chi connectivity index (χ0) is 13.1. The average molecular weight is 247 g/mol. The summed E-state index contributed by atoms with van der Waals surface area (Å²) in [5.74, 6) is -0.267. The number of nitrogens with zero attached hydrogens (tertiary/aromatic N) is 1. The van der Waals surface area contributed by atoms with Gasteiger partial charge in [0, 0.05) is 13.6 Å². The number of carbonyl (C=O) groups is 2. The van der Waals surface area contributed by atoms with Gasteiger partial charge < -0.3 is 9.64 Å². The van der Waals surface area contributed by atoms with Gasteiger partial charge in [0.15, 0.2) is 0 Å². The van der Waals surface area contributed by atoms with Crippen molar-refractivity contribution < 1.29 is 14.3 Å². The van der Waals surface area contributed by atoms with E-state index in [4.69, 9.17) is 0 Å². The maximum Gasteiger partial charge on any atom is 0.337 e. The number of ether oxygens (including phenoxy) is 1. The van der Waals surface area contributed by atoms with Crippen LogP contribution in [0, 0.1) is 0 Å². The van der Waals surface area contributed by atoms with Crippen molar-refractivity contribution in [1.82, 2.24) is 4.90 Å². The van der Waals surface area contributed by atoms with Crippen LogP contribution in [0.3, 0.4) is 0 Å². The Bertz CT molecular complexity index is 453. The van der Waals surface area contributed by atoms with Gasteiger partial charge in [-0.3, -0.25) is 4.79 Å². The number of rotatable bonds is 2. The van der Waals surface area contributed by atoms with Crippen molar-refractivity contribution in [1.29, 1.82) is 0 Å². The number of amides is 1. The zero-order valence-corrected chi connectivity index (χ0v) is 10.7. The number of likely N-dealkylation sites (N-methyl/N-ethyl adjacent to an activating group) is 1. The van der Waals surface area contributed by atoms with Crippen molar-refractivity contribution in [2.24, 2.45) is 0 Å². The van der Waals surface area contributed by atoms with Gasteiger partial charge >= 0.3 is 5.97 Å². The minimum Gasteiger partial charge on any atom is -0.465 e. The molecule has 0 aliphatic carbocycles. The summed E-state index contributed by atoms with van der Waals surface area (Å²) in [4.78, 5) is 25.1. The van der Waals surface area contributed by atoms with Crippen LogP contribution >= 0.6 is 0 Å². The van der Waals surface area contributed by atoms with Crippen LogP contribution in [0.25, 0.3) is 0 Å². The van der Waals surface area contributed by atoms with Gasteiger partial charge in [0.05, 0.1) is 18.6 Å². The number of likely N-dealkylation sites (tertiary alicyclic amines) is 1. The van der Waals surface area contributed by atoms with Gasteiger partial charge in [0.25, 0.3) is 0 Å². The minimum absolute atomic E-state index is 0.0737. The molecule has 0 N–H and O–H groups in total. The largest absolute Gasteiger partial charge is 0.465 e. The zero-order valence-electron chi connectivity index (χ0n) is 10.7. The van der Waals surface area contributed by atoms with Crippen LogP contribution in [0.15, 0.2) is 24.3 Å². The number of hydrogen-bond acceptors (Lipinski definition) is 3. The van der Waals surface area contributed by atoms with Crippen molar-refractivity contribution in [3.8, 4) is 0 Å². The molecule has 0 spiro atoms. The summed E-state index contributed by atoms with van der Waals surface area (Å²) in [6, 6.07) is 7.11. The van der Waals surface area contributed by atoms with Crippen LogP contribution in [-0.4, -0.2) is 37.5 Å². The Morgan fingerprint density at radius 1 is 1.33 bits per heavy atom.